The summed E-state index contributed by atoms with van der Waals surface area (Å²) in [4.78, 5) is 4.13. The Bertz CT molecular complexity index is 550. The molecule has 0 aliphatic carbocycles. The summed E-state index contributed by atoms with van der Waals surface area (Å²) in [6, 6.07) is 6.44. The topological polar surface area (TPSA) is 50.9 Å². The van der Waals surface area contributed by atoms with Gasteiger partial charge in [0.05, 0.1) is 6.04 Å². The molecule has 0 saturated carbocycles. The van der Waals surface area contributed by atoms with Crippen molar-refractivity contribution in [2.75, 3.05) is 12.8 Å². The predicted molar refractivity (Wildman–Crippen MR) is 78.4 cm³/mol. The summed E-state index contributed by atoms with van der Waals surface area (Å²) in [6.07, 6.45) is 1.70. The largest absolute Gasteiger partial charge is 0.383 e. The lowest BCUT2D eigenvalue weighted by Crippen LogP contribution is -2.21. The number of nitrogens with one attached hydrogen (secondary N) is 1. The van der Waals surface area contributed by atoms with Crippen LogP contribution >= 0.6 is 15.9 Å². The molecule has 0 amide bonds. The van der Waals surface area contributed by atoms with E-state index in [-0.39, 0.29) is 11.9 Å². The van der Waals surface area contributed by atoms with E-state index < -0.39 is 0 Å². The van der Waals surface area contributed by atoms with Crippen molar-refractivity contribution >= 4 is 21.7 Å². The number of hydrogen-bond donors (Lipinski definition) is 2. The van der Waals surface area contributed by atoms with Crippen LogP contribution in [0.3, 0.4) is 0 Å². The van der Waals surface area contributed by atoms with Gasteiger partial charge < -0.3 is 11.1 Å². The summed E-state index contributed by atoms with van der Waals surface area (Å²) in [6.45, 7) is 1.93. The molecule has 5 heteroatoms. The van der Waals surface area contributed by atoms with Gasteiger partial charge in [-0.3, -0.25) is 0 Å². The molecule has 3 nitrogen and oxygen atoms in total. The van der Waals surface area contributed by atoms with Crippen LogP contribution in [-0.4, -0.2) is 12.0 Å². The molecule has 0 radical (unpaired) electrons. The standard InChI is InChI=1S/C14H15BrFN3/c1-8-5-11(14(17)19-7-8)13(18-2)10-6-9(15)3-4-12(10)16/h3-7,13,18H,1-2H3,(H2,17,19). The lowest BCUT2D eigenvalue weighted by atomic mass is 9.98. The van der Waals surface area contributed by atoms with E-state index in [1.807, 2.05) is 13.0 Å². The van der Waals surface area contributed by atoms with Crippen molar-refractivity contribution < 1.29 is 4.39 Å². The molecular formula is C14H15BrFN3. The molecule has 0 spiro atoms. The van der Waals surface area contributed by atoms with Crippen molar-refractivity contribution in [3.8, 4) is 0 Å². The van der Waals surface area contributed by atoms with Gasteiger partial charge in [-0.25, -0.2) is 9.37 Å². The van der Waals surface area contributed by atoms with Crippen LogP contribution in [0.2, 0.25) is 0 Å². The van der Waals surface area contributed by atoms with Gasteiger partial charge in [0.1, 0.15) is 11.6 Å². The van der Waals surface area contributed by atoms with Crippen molar-refractivity contribution in [3.05, 3.63) is 57.4 Å². The monoisotopic (exact) mass is 323 g/mol. The van der Waals surface area contributed by atoms with E-state index in [0.717, 1.165) is 15.6 Å². The van der Waals surface area contributed by atoms with Crippen LogP contribution in [0.15, 0.2) is 34.9 Å². The van der Waals surface area contributed by atoms with E-state index in [9.17, 15) is 4.39 Å². The summed E-state index contributed by atoms with van der Waals surface area (Å²) < 4.78 is 14.8. The summed E-state index contributed by atoms with van der Waals surface area (Å²) in [5, 5.41) is 3.09. The number of nitrogens with zero attached hydrogens (tertiary/aromatic N) is 1. The molecule has 1 unspecified atom stereocenters. The smallest absolute Gasteiger partial charge is 0.128 e. The Morgan fingerprint density at radius 3 is 2.74 bits per heavy atom. The molecule has 1 aromatic heterocycles. The molecular weight excluding hydrogens is 309 g/mol. The summed E-state index contributed by atoms with van der Waals surface area (Å²) >= 11 is 3.36. The minimum atomic E-state index is -0.329. The highest BCUT2D eigenvalue weighted by atomic mass is 79.9. The molecule has 1 heterocycles. The maximum Gasteiger partial charge on any atom is 0.128 e. The van der Waals surface area contributed by atoms with E-state index in [2.05, 4.69) is 26.2 Å². The first-order valence-electron chi connectivity index (χ1n) is 5.87. The second-order valence-corrected chi connectivity index (χ2v) is 5.29. The van der Waals surface area contributed by atoms with Crippen molar-refractivity contribution in [2.24, 2.45) is 0 Å². The highest BCUT2D eigenvalue weighted by Crippen LogP contribution is 2.29. The van der Waals surface area contributed by atoms with Crippen LogP contribution in [0.1, 0.15) is 22.7 Å². The van der Waals surface area contributed by atoms with Crippen LogP contribution < -0.4 is 11.1 Å². The molecule has 2 aromatic rings. The zero-order valence-electron chi connectivity index (χ0n) is 10.7. The maximum atomic E-state index is 14.0. The lowest BCUT2D eigenvalue weighted by Gasteiger charge is -2.20. The molecule has 0 aliphatic rings. The number of nitrogens with two attached hydrogens (primary N) is 1. The van der Waals surface area contributed by atoms with Gasteiger partial charge in [0, 0.05) is 21.8 Å². The van der Waals surface area contributed by atoms with Gasteiger partial charge in [-0.15, -0.1) is 0 Å². The first kappa shape index (κ1) is 14.0. The Labute approximate surface area is 120 Å². The average Bonchev–Trinajstić information content (AvgIpc) is 2.38. The van der Waals surface area contributed by atoms with Crippen LogP contribution in [0.5, 0.6) is 0 Å². The Morgan fingerprint density at radius 1 is 1.32 bits per heavy atom. The number of benzene rings is 1. The van der Waals surface area contributed by atoms with Crippen molar-refractivity contribution in [1.82, 2.24) is 10.3 Å². The van der Waals surface area contributed by atoms with Crippen LogP contribution in [0.4, 0.5) is 10.2 Å². The van der Waals surface area contributed by atoms with E-state index in [4.69, 9.17) is 5.73 Å². The third-order valence-electron chi connectivity index (χ3n) is 2.95. The zero-order valence-corrected chi connectivity index (χ0v) is 12.3. The van der Waals surface area contributed by atoms with Crippen molar-refractivity contribution in [3.63, 3.8) is 0 Å². The highest BCUT2D eigenvalue weighted by molar-refractivity contribution is 9.10. The minimum Gasteiger partial charge on any atom is -0.383 e. The van der Waals surface area contributed by atoms with Gasteiger partial charge in [0.15, 0.2) is 0 Å². The van der Waals surface area contributed by atoms with Crippen LogP contribution in [0, 0.1) is 12.7 Å². The zero-order chi connectivity index (χ0) is 14.0. The Morgan fingerprint density at radius 2 is 2.05 bits per heavy atom. The summed E-state index contributed by atoms with van der Waals surface area (Å²) in [7, 11) is 1.77. The molecule has 0 aliphatic heterocycles. The maximum absolute atomic E-state index is 14.0. The number of halogens is 2. The fraction of sp³-hybridized carbons (Fsp3) is 0.214. The second-order valence-electron chi connectivity index (χ2n) is 4.37. The van der Waals surface area contributed by atoms with Gasteiger partial charge in [0.25, 0.3) is 0 Å². The fourth-order valence-electron chi connectivity index (χ4n) is 2.05. The third-order valence-corrected chi connectivity index (χ3v) is 3.45. The van der Waals surface area contributed by atoms with Crippen molar-refractivity contribution in [2.45, 2.75) is 13.0 Å². The van der Waals surface area contributed by atoms with Gasteiger partial charge >= 0.3 is 0 Å². The number of nitrogen functional groups attached to an aromatic ring is 1. The Hall–Kier alpha value is -1.46. The average molecular weight is 324 g/mol. The van der Waals surface area contributed by atoms with Crippen LogP contribution in [0.25, 0.3) is 0 Å². The second kappa shape index (κ2) is 5.67. The van der Waals surface area contributed by atoms with Gasteiger partial charge in [0.2, 0.25) is 0 Å². The van der Waals surface area contributed by atoms with Gasteiger partial charge in [-0.2, -0.15) is 0 Å². The predicted octanol–water partition coefficient (Wildman–Crippen LogP) is 3.18. The van der Waals surface area contributed by atoms with Crippen molar-refractivity contribution in [1.29, 1.82) is 0 Å². The fourth-order valence-corrected chi connectivity index (χ4v) is 2.43. The number of hydrogen-bond acceptors (Lipinski definition) is 3. The highest BCUT2D eigenvalue weighted by Gasteiger charge is 2.19. The molecule has 1 aromatic carbocycles. The van der Waals surface area contributed by atoms with Crippen LogP contribution in [-0.2, 0) is 0 Å². The molecule has 1 atom stereocenters. The van der Waals surface area contributed by atoms with E-state index in [0.29, 0.717) is 11.4 Å². The summed E-state index contributed by atoms with van der Waals surface area (Å²) in [5.74, 6) is 0.132. The van der Waals surface area contributed by atoms with E-state index >= 15 is 0 Å². The van der Waals surface area contributed by atoms with E-state index in [1.54, 1.807) is 25.4 Å². The normalized spacial score (nSPS) is 12.4. The lowest BCUT2D eigenvalue weighted by molar-refractivity contribution is 0.575. The molecule has 3 N–H and O–H groups in total. The third kappa shape index (κ3) is 2.93. The first-order valence-corrected chi connectivity index (χ1v) is 6.66. The Kier molecular flexibility index (Phi) is 4.17. The quantitative estimate of drug-likeness (QED) is 0.912. The first-order chi connectivity index (χ1) is 9.02. The molecule has 100 valence electrons. The van der Waals surface area contributed by atoms with Gasteiger partial charge in [-0.05, 0) is 43.8 Å². The molecule has 0 bridgehead atoms. The number of aromatic nitrogens is 1. The Balaban J connectivity index is 2.55. The SMILES string of the molecule is CNC(c1cc(Br)ccc1F)c1cc(C)cnc1N. The molecule has 0 fully saturated rings. The number of aryl methyl sites for hydroxylation is 1. The van der Waals surface area contributed by atoms with E-state index in [1.165, 1.54) is 6.07 Å². The molecule has 2 rings (SSSR count). The molecule has 19 heavy (non-hydrogen) atoms. The number of rotatable bonds is 3. The molecule has 0 saturated heterocycles. The summed E-state index contributed by atoms with van der Waals surface area (Å²) in [5.41, 5.74) is 8.21. The van der Waals surface area contributed by atoms with Gasteiger partial charge in [-0.1, -0.05) is 15.9 Å². The number of anilines is 1. The minimum absolute atomic E-state index is 0.275. The number of pyridine rings is 1.